The number of hydrogen-bond acceptors (Lipinski definition) is 8. The molecule has 0 bridgehead atoms. The SMILES string of the molecule is COC(=O)/N=C(SC)/C(=N/c1ccc(N)cc1)c1cc(OC)c2c(c1F)OCCO2. The van der Waals surface area contributed by atoms with Crippen LogP contribution in [0.15, 0.2) is 40.3 Å². The van der Waals surface area contributed by atoms with Gasteiger partial charge in [0.25, 0.3) is 0 Å². The van der Waals surface area contributed by atoms with Gasteiger partial charge >= 0.3 is 6.09 Å². The fraction of sp³-hybridized carbons (Fsp3) is 0.250. The lowest BCUT2D eigenvalue weighted by molar-refractivity contribution is 0.158. The second-order valence-corrected chi connectivity index (χ2v) is 6.73. The summed E-state index contributed by atoms with van der Waals surface area (Å²) in [5.41, 5.74) is 6.90. The number of fused-ring (bicyclic) bond motifs is 1. The molecule has 158 valence electrons. The number of carbonyl (C=O) groups is 1. The Kier molecular flexibility index (Phi) is 6.78. The quantitative estimate of drug-likeness (QED) is 0.444. The number of ether oxygens (including phenoxy) is 4. The number of nitrogen functional groups attached to an aromatic ring is 1. The number of benzene rings is 2. The number of halogens is 1. The zero-order chi connectivity index (χ0) is 21.7. The highest BCUT2D eigenvalue weighted by atomic mass is 32.2. The molecular formula is C20H20FN3O5S. The average Bonchev–Trinajstić information content (AvgIpc) is 2.78. The Morgan fingerprint density at radius 1 is 1.17 bits per heavy atom. The van der Waals surface area contributed by atoms with Crippen LogP contribution in [0.5, 0.6) is 17.2 Å². The van der Waals surface area contributed by atoms with Gasteiger partial charge in [0.05, 0.1) is 19.9 Å². The van der Waals surface area contributed by atoms with Gasteiger partial charge < -0.3 is 24.7 Å². The summed E-state index contributed by atoms with van der Waals surface area (Å²) in [6.45, 7) is 0.459. The minimum atomic E-state index is -0.839. The topological polar surface area (TPSA) is 105 Å². The van der Waals surface area contributed by atoms with Crippen molar-refractivity contribution in [2.45, 2.75) is 0 Å². The number of hydrogen-bond donors (Lipinski definition) is 1. The summed E-state index contributed by atoms with van der Waals surface area (Å²) in [7, 11) is 2.64. The van der Waals surface area contributed by atoms with Crippen LogP contribution in [0, 0.1) is 5.82 Å². The minimum Gasteiger partial charge on any atom is -0.493 e. The molecule has 30 heavy (non-hydrogen) atoms. The maximum atomic E-state index is 15.5. The first-order valence-corrected chi connectivity index (χ1v) is 10.0. The van der Waals surface area contributed by atoms with Gasteiger partial charge in [0.2, 0.25) is 11.5 Å². The summed E-state index contributed by atoms with van der Waals surface area (Å²) in [5, 5.41) is 0.149. The van der Waals surface area contributed by atoms with E-state index in [1.54, 1.807) is 30.5 Å². The van der Waals surface area contributed by atoms with Gasteiger partial charge in [-0.3, -0.25) is 0 Å². The Bertz CT molecular complexity index is 1010. The molecule has 0 unspecified atom stereocenters. The average molecular weight is 433 g/mol. The van der Waals surface area contributed by atoms with Crippen LogP contribution in [0.4, 0.5) is 20.6 Å². The van der Waals surface area contributed by atoms with Crippen molar-refractivity contribution in [2.24, 2.45) is 9.98 Å². The lowest BCUT2D eigenvalue weighted by Crippen LogP contribution is -2.21. The van der Waals surface area contributed by atoms with E-state index in [1.165, 1.54) is 20.3 Å². The predicted octanol–water partition coefficient (Wildman–Crippen LogP) is 3.84. The molecular weight excluding hydrogens is 413 g/mol. The lowest BCUT2D eigenvalue weighted by Gasteiger charge is -2.23. The van der Waals surface area contributed by atoms with E-state index in [2.05, 4.69) is 14.7 Å². The zero-order valence-electron chi connectivity index (χ0n) is 16.6. The normalized spacial score (nSPS) is 13.7. The van der Waals surface area contributed by atoms with Crippen molar-refractivity contribution in [3.05, 3.63) is 41.7 Å². The number of thioether (sulfide) groups is 1. The van der Waals surface area contributed by atoms with Gasteiger partial charge in [0.1, 0.15) is 24.0 Å². The van der Waals surface area contributed by atoms with Gasteiger partial charge in [-0.25, -0.2) is 14.2 Å². The molecule has 0 aromatic heterocycles. The van der Waals surface area contributed by atoms with Crippen LogP contribution >= 0.6 is 11.8 Å². The van der Waals surface area contributed by atoms with Gasteiger partial charge in [0, 0.05) is 11.3 Å². The first-order chi connectivity index (χ1) is 14.5. The number of amides is 1. The Labute approximate surface area is 176 Å². The molecule has 0 aliphatic carbocycles. The Morgan fingerprint density at radius 3 is 2.43 bits per heavy atom. The first-order valence-electron chi connectivity index (χ1n) is 8.80. The third-order valence-corrected chi connectivity index (χ3v) is 4.76. The highest BCUT2D eigenvalue weighted by Crippen LogP contribution is 2.43. The molecule has 2 aromatic carbocycles. The van der Waals surface area contributed by atoms with Crippen LogP contribution in [0.3, 0.4) is 0 Å². The van der Waals surface area contributed by atoms with Crippen LogP contribution < -0.4 is 19.9 Å². The molecule has 2 aromatic rings. The van der Waals surface area contributed by atoms with Gasteiger partial charge in [-0.1, -0.05) is 0 Å². The third-order valence-electron chi connectivity index (χ3n) is 4.09. The maximum absolute atomic E-state index is 15.5. The molecule has 0 saturated carbocycles. The van der Waals surface area contributed by atoms with Crippen molar-refractivity contribution in [1.82, 2.24) is 0 Å². The molecule has 1 amide bonds. The van der Waals surface area contributed by atoms with Crippen molar-refractivity contribution in [3.8, 4) is 17.2 Å². The fourth-order valence-corrected chi connectivity index (χ4v) is 3.21. The number of methoxy groups -OCH3 is 2. The van der Waals surface area contributed by atoms with E-state index in [1.807, 2.05) is 0 Å². The summed E-state index contributed by atoms with van der Waals surface area (Å²) in [6.07, 6.45) is 0.849. The van der Waals surface area contributed by atoms with E-state index in [4.69, 9.17) is 19.9 Å². The zero-order valence-corrected chi connectivity index (χ0v) is 17.4. The molecule has 0 saturated heterocycles. The molecule has 8 nitrogen and oxygen atoms in total. The fourth-order valence-electron chi connectivity index (χ4n) is 2.70. The molecule has 1 aliphatic rings. The van der Waals surface area contributed by atoms with Gasteiger partial charge in [-0.2, -0.15) is 4.99 Å². The van der Waals surface area contributed by atoms with Crippen molar-refractivity contribution in [2.75, 3.05) is 39.4 Å². The molecule has 0 atom stereocenters. The van der Waals surface area contributed by atoms with Crippen LogP contribution in [0.25, 0.3) is 0 Å². The van der Waals surface area contributed by atoms with Crippen LogP contribution in [-0.2, 0) is 4.74 Å². The smallest absolute Gasteiger partial charge is 0.434 e. The molecule has 1 heterocycles. The largest absolute Gasteiger partial charge is 0.493 e. The van der Waals surface area contributed by atoms with E-state index >= 15 is 4.39 Å². The van der Waals surface area contributed by atoms with Gasteiger partial charge in [-0.15, -0.1) is 11.8 Å². The second-order valence-electron chi connectivity index (χ2n) is 5.94. The lowest BCUT2D eigenvalue weighted by atomic mass is 10.1. The molecule has 0 fully saturated rings. The van der Waals surface area contributed by atoms with Gasteiger partial charge in [0.15, 0.2) is 11.6 Å². The highest BCUT2D eigenvalue weighted by Gasteiger charge is 2.28. The summed E-state index contributed by atoms with van der Waals surface area (Å²) in [4.78, 5) is 20.2. The molecule has 10 heteroatoms. The minimum absolute atomic E-state index is 0.0323. The van der Waals surface area contributed by atoms with Gasteiger partial charge in [-0.05, 0) is 36.6 Å². The Morgan fingerprint density at radius 2 is 1.83 bits per heavy atom. The summed E-state index contributed by atoms with van der Waals surface area (Å²) < 4.78 is 36.4. The Hall–Kier alpha value is -3.27. The van der Waals surface area contributed by atoms with E-state index in [9.17, 15) is 4.79 Å². The summed E-state index contributed by atoms with van der Waals surface area (Å²) >= 11 is 1.11. The number of rotatable bonds is 4. The van der Waals surface area contributed by atoms with Crippen LogP contribution in [0.2, 0.25) is 0 Å². The van der Waals surface area contributed by atoms with E-state index in [-0.39, 0.29) is 46.8 Å². The van der Waals surface area contributed by atoms with E-state index in [0.29, 0.717) is 11.4 Å². The number of aliphatic imine (C=N–C) groups is 2. The number of nitrogens with two attached hydrogens (primary N) is 1. The second kappa shape index (κ2) is 9.49. The van der Waals surface area contributed by atoms with E-state index in [0.717, 1.165) is 11.8 Å². The molecule has 0 radical (unpaired) electrons. The van der Waals surface area contributed by atoms with E-state index < -0.39 is 11.9 Å². The molecule has 3 rings (SSSR count). The van der Waals surface area contributed by atoms with Crippen molar-refractivity contribution in [1.29, 1.82) is 0 Å². The van der Waals surface area contributed by atoms with Crippen LogP contribution in [-0.4, -0.2) is 50.5 Å². The molecule has 0 spiro atoms. The monoisotopic (exact) mass is 433 g/mol. The van der Waals surface area contributed by atoms with Crippen molar-refractivity contribution < 1.29 is 28.1 Å². The highest BCUT2D eigenvalue weighted by molar-refractivity contribution is 8.15. The number of anilines is 1. The van der Waals surface area contributed by atoms with Crippen molar-refractivity contribution >= 4 is 40.0 Å². The number of nitrogens with zero attached hydrogens (tertiary/aromatic N) is 2. The summed E-state index contributed by atoms with van der Waals surface area (Å²) in [5.74, 6) is -0.345. The first kappa shape index (κ1) is 21.4. The maximum Gasteiger partial charge on any atom is 0.434 e. The van der Waals surface area contributed by atoms with Crippen LogP contribution in [0.1, 0.15) is 5.56 Å². The Balaban J connectivity index is 2.25. The standard InChI is InChI=1S/C20H20FN3O5S/c1-26-14-10-13(15(21)18-17(14)28-8-9-29-18)16(19(30-3)24-20(25)27-2)23-12-6-4-11(22)5-7-12/h4-7,10H,8-9,22H2,1-3H3/b23-16+,24-19-. The summed E-state index contributed by atoms with van der Waals surface area (Å²) in [6, 6.07) is 8.08. The molecule has 1 aliphatic heterocycles. The van der Waals surface area contributed by atoms with Crippen molar-refractivity contribution in [3.63, 3.8) is 0 Å². The molecule has 2 N–H and O–H groups in total. The third kappa shape index (κ3) is 4.48. The number of carbonyl (C=O) groups excluding carboxylic acids is 1. The predicted molar refractivity (Wildman–Crippen MR) is 114 cm³/mol.